The molecule has 0 aliphatic rings. The van der Waals surface area contributed by atoms with Gasteiger partial charge in [0.05, 0.1) is 15.2 Å². The second kappa shape index (κ2) is 4.79. The Morgan fingerprint density at radius 3 is 2.79 bits per heavy atom. The van der Waals surface area contributed by atoms with Crippen molar-refractivity contribution in [2.24, 2.45) is 0 Å². The van der Waals surface area contributed by atoms with Crippen LogP contribution in [0.25, 0.3) is 10.2 Å². The smallest absolute Gasteiger partial charge is 0.188 e. The van der Waals surface area contributed by atoms with Crippen LogP contribution >= 0.6 is 22.9 Å². The topological polar surface area (TPSA) is 24.9 Å². The zero-order valence-corrected chi connectivity index (χ0v) is 11.6. The van der Waals surface area contributed by atoms with Crippen molar-refractivity contribution < 1.29 is 4.39 Å². The minimum absolute atomic E-state index is 0.232. The lowest BCUT2D eigenvalue weighted by Gasteiger charge is -2.06. The van der Waals surface area contributed by atoms with Crippen molar-refractivity contribution in [3.05, 3.63) is 52.8 Å². The number of rotatable bonds is 2. The van der Waals surface area contributed by atoms with Gasteiger partial charge in [0.1, 0.15) is 5.82 Å². The zero-order chi connectivity index (χ0) is 13.4. The third-order valence-electron chi connectivity index (χ3n) is 2.88. The quantitative estimate of drug-likeness (QED) is 0.707. The van der Waals surface area contributed by atoms with E-state index in [9.17, 15) is 4.39 Å². The van der Waals surface area contributed by atoms with Crippen LogP contribution in [-0.4, -0.2) is 4.98 Å². The third kappa shape index (κ3) is 2.29. The van der Waals surface area contributed by atoms with Crippen LogP contribution in [0.2, 0.25) is 5.02 Å². The van der Waals surface area contributed by atoms with E-state index in [0.29, 0.717) is 15.7 Å². The van der Waals surface area contributed by atoms with Gasteiger partial charge in [0.15, 0.2) is 5.13 Å². The molecule has 1 N–H and O–H groups in total. The van der Waals surface area contributed by atoms with Gasteiger partial charge in [-0.05, 0) is 31.2 Å². The van der Waals surface area contributed by atoms with Crippen LogP contribution in [-0.2, 0) is 0 Å². The van der Waals surface area contributed by atoms with E-state index < -0.39 is 0 Å². The molecule has 0 bridgehead atoms. The zero-order valence-electron chi connectivity index (χ0n) is 10.1. The number of nitrogens with zero attached hydrogens (tertiary/aromatic N) is 1. The summed E-state index contributed by atoms with van der Waals surface area (Å²) < 4.78 is 14.4. The average Bonchev–Trinajstić information content (AvgIpc) is 2.79. The molecule has 2 aromatic carbocycles. The second-order valence-corrected chi connectivity index (χ2v) is 5.55. The van der Waals surface area contributed by atoms with Crippen LogP contribution < -0.4 is 5.32 Å². The molecule has 1 heterocycles. The van der Waals surface area contributed by atoms with Crippen LogP contribution in [0.4, 0.5) is 15.2 Å². The van der Waals surface area contributed by atoms with E-state index in [2.05, 4.69) is 10.3 Å². The number of halogens is 2. The van der Waals surface area contributed by atoms with Crippen molar-refractivity contribution in [1.82, 2.24) is 4.98 Å². The fourth-order valence-electron chi connectivity index (χ4n) is 1.83. The largest absolute Gasteiger partial charge is 0.331 e. The van der Waals surface area contributed by atoms with Gasteiger partial charge in [-0.3, -0.25) is 0 Å². The lowest BCUT2D eigenvalue weighted by molar-refractivity contribution is 0.619. The Hall–Kier alpha value is -1.65. The van der Waals surface area contributed by atoms with Gasteiger partial charge in [0, 0.05) is 11.3 Å². The van der Waals surface area contributed by atoms with Crippen molar-refractivity contribution in [3.63, 3.8) is 0 Å². The first-order valence-corrected chi connectivity index (χ1v) is 6.92. The highest BCUT2D eigenvalue weighted by Gasteiger charge is 2.09. The predicted molar refractivity (Wildman–Crippen MR) is 79.0 cm³/mol. The summed E-state index contributed by atoms with van der Waals surface area (Å²) in [6.07, 6.45) is 0. The summed E-state index contributed by atoms with van der Waals surface area (Å²) in [5.41, 5.74) is 2.14. The molecule has 96 valence electrons. The Bertz CT molecular complexity index is 754. The first-order chi connectivity index (χ1) is 9.15. The van der Waals surface area contributed by atoms with Gasteiger partial charge in [0.25, 0.3) is 0 Å². The lowest BCUT2D eigenvalue weighted by atomic mass is 10.2. The first-order valence-electron chi connectivity index (χ1n) is 5.72. The Morgan fingerprint density at radius 1 is 1.21 bits per heavy atom. The molecule has 2 nitrogen and oxygen atoms in total. The van der Waals surface area contributed by atoms with Gasteiger partial charge in [-0.2, -0.15) is 0 Å². The number of thiazole rings is 1. The molecule has 3 aromatic rings. The molecule has 0 radical (unpaired) electrons. The molecule has 0 amide bonds. The number of aromatic nitrogens is 1. The summed E-state index contributed by atoms with van der Waals surface area (Å²) in [4.78, 5) is 4.44. The highest BCUT2D eigenvalue weighted by molar-refractivity contribution is 7.22. The summed E-state index contributed by atoms with van der Waals surface area (Å²) in [6, 6.07) is 10.5. The van der Waals surface area contributed by atoms with E-state index >= 15 is 0 Å². The minimum atomic E-state index is -0.232. The summed E-state index contributed by atoms with van der Waals surface area (Å²) in [5, 5.41) is 4.52. The average molecular weight is 293 g/mol. The van der Waals surface area contributed by atoms with Crippen molar-refractivity contribution in [3.8, 4) is 0 Å². The highest BCUT2D eigenvalue weighted by atomic mass is 35.5. The van der Waals surface area contributed by atoms with Gasteiger partial charge >= 0.3 is 0 Å². The van der Waals surface area contributed by atoms with Crippen LogP contribution in [0.15, 0.2) is 36.4 Å². The molecule has 0 saturated carbocycles. The predicted octanol–water partition coefficient (Wildman–Crippen LogP) is 5.14. The molecular weight excluding hydrogens is 283 g/mol. The molecule has 0 unspecified atom stereocenters. The van der Waals surface area contributed by atoms with E-state index in [-0.39, 0.29) is 5.82 Å². The number of nitrogens with one attached hydrogen (secondary N) is 1. The van der Waals surface area contributed by atoms with Crippen molar-refractivity contribution in [1.29, 1.82) is 0 Å². The van der Waals surface area contributed by atoms with Gasteiger partial charge in [-0.15, -0.1) is 0 Å². The second-order valence-electron chi connectivity index (χ2n) is 4.14. The third-order valence-corrected chi connectivity index (χ3v) is 4.32. The monoisotopic (exact) mass is 292 g/mol. The molecule has 3 rings (SSSR count). The van der Waals surface area contributed by atoms with Crippen molar-refractivity contribution >= 4 is 44.0 Å². The van der Waals surface area contributed by atoms with E-state index in [0.717, 1.165) is 15.9 Å². The Kier molecular flexibility index (Phi) is 3.12. The summed E-state index contributed by atoms with van der Waals surface area (Å²) in [6.45, 7) is 1.73. The SMILES string of the molecule is Cc1c(F)cccc1Nc1nc2cccc(Cl)c2s1. The highest BCUT2D eigenvalue weighted by Crippen LogP contribution is 2.33. The Balaban J connectivity index is 2.02. The first kappa shape index (κ1) is 12.4. The van der Waals surface area contributed by atoms with E-state index in [1.54, 1.807) is 13.0 Å². The van der Waals surface area contributed by atoms with E-state index in [1.807, 2.05) is 24.3 Å². The van der Waals surface area contributed by atoms with Crippen LogP contribution in [0.1, 0.15) is 5.56 Å². The number of hydrogen-bond acceptors (Lipinski definition) is 3. The summed E-state index contributed by atoms with van der Waals surface area (Å²) >= 11 is 7.57. The molecule has 0 aliphatic heterocycles. The summed E-state index contributed by atoms with van der Waals surface area (Å²) in [5.74, 6) is -0.232. The van der Waals surface area contributed by atoms with Gasteiger partial charge in [-0.1, -0.05) is 35.1 Å². The molecule has 19 heavy (non-hydrogen) atoms. The number of benzene rings is 2. The molecular formula is C14H10ClFN2S. The standard InChI is InChI=1S/C14H10ClFN2S/c1-8-10(16)5-3-6-11(8)17-14-18-12-7-2-4-9(15)13(12)19-14/h2-7H,1H3,(H,17,18). The fourth-order valence-corrected chi connectivity index (χ4v) is 2.99. The maximum atomic E-state index is 13.5. The fraction of sp³-hybridized carbons (Fsp3) is 0.0714. The van der Waals surface area contributed by atoms with E-state index in [4.69, 9.17) is 11.6 Å². The number of fused-ring (bicyclic) bond motifs is 1. The van der Waals surface area contributed by atoms with E-state index in [1.165, 1.54) is 17.4 Å². The van der Waals surface area contributed by atoms with Gasteiger partial charge in [-0.25, -0.2) is 9.37 Å². The summed E-state index contributed by atoms with van der Waals surface area (Å²) in [7, 11) is 0. The molecule has 0 saturated heterocycles. The van der Waals surface area contributed by atoms with Gasteiger partial charge in [0.2, 0.25) is 0 Å². The number of anilines is 2. The normalized spacial score (nSPS) is 10.9. The Morgan fingerprint density at radius 2 is 2.00 bits per heavy atom. The number of hydrogen-bond donors (Lipinski definition) is 1. The van der Waals surface area contributed by atoms with Crippen molar-refractivity contribution in [2.45, 2.75) is 6.92 Å². The maximum absolute atomic E-state index is 13.5. The Labute approximate surface area is 118 Å². The molecule has 0 aliphatic carbocycles. The maximum Gasteiger partial charge on any atom is 0.188 e. The molecule has 1 aromatic heterocycles. The molecule has 0 fully saturated rings. The van der Waals surface area contributed by atoms with Crippen LogP contribution in [0.5, 0.6) is 0 Å². The molecule has 0 atom stereocenters. The molecule has 5 heteroatoms. The van der Waals surface area contributed by atoms with Crippen molar-refractivity contribution in [2.75, 3.05) is 5.32 Å². The van der Waals surface area contributed by atoms with Gasteiger partial charge < -0.3 is 5.32 Å². The molecule has 0 spiro atoms. The van der Waals surface area contributed by atoms with Crippen LogP contribution in [0, 0.1) is 12.7 Å². The van der Waals surface area contributed by atoms with Crippen LogP contribution in [0.3, 0.4) is 0 Å². The lowest BCUT2D eigenvalue weighted by Crippen LogP contribution is -1.94. The minimum Gasteiger partial charge on any atom is -0.331 e.